The van der Waals surface area contributed by atoms with Crippen LogP contribution in [0.2, 0.25) is 0 Å². The van der Waals surface area contributed by atoms with Crippen molar-refractivity contribution < 1.29 is 9.53 Å². The lowest BCUT2D eigenvalue weighted by atomic mass is 10.2. The monoisotopic (exact) mass is 199 g/mol. The molecular weight excluding hydrogens is 178 g/mol. The molecule has 0 saturated carbocycles. The van der Waals surface area contributed by atoms with E-state index in [1.54, 1.807) is 0 Å². The first kappa shape index (κ1) is 11.5. The summed E-state index contributed by atoms with van der Waals surface area (Å²) in [6.07, 6.45) is 4.23. The fourth-order valence-corrected chi connectivity index (χ4v) is 1.79. The zero-order valence-electron chi connectivity index (χ0n) is 9.29. The maximum absolute atomic E-state index is 11.3. The third kappa shape index (κ3) is 3.29. The van der Waals surface area contributed by atoms with Gasteiger partial charge in [0.2, 0.25) is 5.91 Å². The predicted octanol–water partition coefficient (Wildman–Crippen LogP) is 1.81. The summed E-state index contributed by atoms with van der Waals surface area (Å²) in [6, 6.07) is 0. The Balaban J connectivity index is 2.11. The molecule has 1 fully saturated rings. The largest absolute Gasteiger partial charge is 0.376 e. The summed E-state index contributed by atoms with van der Waals surface area (Å²) >= 11 is 0. The first-order chi connectivity index (χ1) is 6.77. The van der Waals surface area contributed by atoms with E-state index in [1.165, 1.54) is 0 Å². The van der Waals surface area contributed by atoms with Crippen molar-refractivity contribution in [3.05, 3.63) is 0 Å². The van der Waals surface area contributed by atoms with Crippen molar-refractivity contribution in [1.29, 1.82) is 0 Å². The Kier molecular flexibility index (Phi) is 4.94. The van der Waals surface area contributed by atoms with Gasteiger partial charge in [0.1, 0.15) is 0 Å². The van der Waals surface area contributed by atoms with Crippen LogP contribution < -0.4 is 0 Å². The van der Waals surface area contributed by atoms with Gasteiger partial charge >= 0.3 is 0 Å². The molecule has 1 saturated heterocycles. The smallest absolute Gasteiger partial charge is 0.222 e. The standard InChI is InChI=1S/C11H21NO2/c1-3-10(4-2)14-9-8-12-7-5-6-11(12)13/h10H,3-9H2,1-2H3. The van der Waals surface area contributed by atoms with E-state index < -0.39 is 0 Å². The van der Waals surface area contributed by atoms with E-state index in [-0.39, 0.29) is 5.91 Å². The molecule has 0 spiro atoms. The van der Waals surface area contributed by atoms with E-state index in [4.69, 9.17) is 4.74 Å². The molecular formula is C11H21NO2. The fraction of sp³-hybridized carbons (Fsp3) is 0.909. The molecule has 1 rings (SSSR count). The van der Waals surface area contributed by atoms with E-state index >= 15 is 0 Å². The van der Waals surface area contributed by atoms with E-state index in [0.717, 1.165) is 38.8 Å². The molecule has 1 heterocycles. The van der Waals surface area contributed by atoms with E-state index in [9.17, 15) is 4.79 Å². The minimum atomic E-state index is 0.290. The Bertz CT molecular complexity index is 178. The minimum Gasteiger partial charge on any atom is -0.376 e. The van der Waals surface area contributed by atoms with Gasteiger partial charge in [0, 0.05) is 19.5 Å². The van der Waals surface area contributed by atoms with Crippen molar-refractivity contribution in [2.24, 2.45) is 0 Å². The average Bonchev–Trinajstić information content (AvgIpc) is 2.59. The van der Waals surface area contributed by atoms with Gasteiger partial charge < -0.3 is 9.64 Å². The quantitative estimate of drug-likeness (QED) is 0.653. The van der Waals surface area contributed by atoms with E-state index in [1.807, 2.05) is 4.90 Å². The molecule has 14 heavy (non-hydrogen) atoms. The highest BCUT2D eigenvalue weighted by Crippen LogP contribution is 2.09. The molecule has 0 aromatic carbocycles. The third-order valence-corrected chi connectivity index (χ3v) is 2.80. The van der Waals surface area contributed by atoms with Crippen molar-refractivity contribution in [3.8, 4) is 0 Å². The molecule has 3 nitrogen and oxygen atoms in total. The van der Waals surface area contributed by atoms with Gasteiger partial charge in [-0.3, -0.25) is 4.79 Å². The SMILES string of the molecule is CCC(CC)OCCN1CCCC1=O. The van der Waals surface area contributed by atoms with Crippen LogP contribution in [-0.2, 0) is 9.53 Å². The minimum absolute atomic E-state index is 0.290. The topological polar surface area (TPSA) is 29.5 Å². The van der Waals surface area contributed by atoms with E-state index in [2.05, 4.69) is 13.8 Å². The lowest BCUT2D eigenvalue weighted by Gasteiger charge is -2.18. The summed E-state index contributed by atoms with van der Waals surface area (Å²) in [5.74, 6) is 0.290. The molecule has 0 bridgehead atoms. The second kappa shape index (κ2) is 6.02. The van der Waals surface area contributed by atoms with Crippen LogP contribution in [0.1, 0.15) is 39.5 Å². The number of likely N-dealkylation sites (tertiary alicyclic amines) is 1. The van der Waals surface area contributed by atoms with Crippen LogP contribution in [0.15, 0.2) is 0 Å². The number of carbonyl (C=O) groups excluding carboxylic acids is 1. The summed E-state index contributed by atoms with van der Waals surface area (Å²) in [4.78, 5) is 13.2. The molecule has 0 atom stereocenters. The van der Waals surface area contributed by atoms with Gasteiger partial charge in [-0.1, -0.05) is 13.8 Å². The molecule has 0 aliphatic carbocycles. The van der Waals surface area contributed by atoms with Crippen molar-refractivity contribution in [2.75, 3.05) is 19.7 Å². The van der Waals surface area contributed by atoms with Gasteiger partial charge in [0.15, 0.2) is 0 Å². The van der Waals surface area contributed by atoms with Gasteiger partial charge in [0.05, 0.1) is 12.7 Å². The van der Waals surface area contributed by atoms with Crippen molar-refractivity contribution in [2.45, 2.75) is 45.6 Å². The van der Waals surface area contributed by atoms with Gasteiger partial charge in [-0.2, -0.15) is 0 Å². The molecule has 0 N–H and O–H groups in total. The number of hydrogen-bond acceptors (Lipinski definition) is 2. The number of rotatable bonds is 6. The molecule has 0 aromatic heterocycles. The second-order valence-corrected chi connectivity index (χ2v) is 3.79. The zero-order valence-corrected chi connectivity index (χ0v) is 9.29. The highest BCUT2D eigenvalue weighted by Gasteiger charge is 2.19. The Morgan fingerprint density at radius 2 is 2.14 bits per heavy atom. The Morgan fingerprint density at radius 3 is 2.64 bits per heavy atom. The first-order valence-electron chi connectivity index (χ1n) is 5.67. The summed E-state index contributed by atoms with van der Waals surface area (Å²) in [6.45, 7) is 6.66. The lowest BCUT2D eigenvalue weighted by molar-refractivity contribution is -0.128. The van der Waals surface area contributed by atoms with Crippen molar-refractivity contribution >= 4 is 5.91 Å². The van der Waals surface area contributed by atoms with Crippen molar-refractivity contribution in [3.63, 3.8) is 0 Å². The van der Waals surface area contributed by atoms with Crippen LogP contribution in [0, 0.1) is 0 Å². The van der Waals surface area contributed by atoms with Gasteiger partial charge in [0.25, 0.3) is 0 Å². The highest BCUT2D eigenvalue weighted by molar-refractivity contribution is 5.77. The summed E-state index contributed by atoms with van der Waals surface area (Å²) < 4.78 is 5.66. The summed E-state index contributed by atoms with van der Waals surface area (Å²) in [7, 11) is 0. The molecule has 0 aromatic rings. The average molecular weight is 199 g/mol. The van der Waals surface area contributed by atoms with Gasteiger partial charge in [-0.25, -0.2) is 0 Å². The summed E-state index contributed by atoms with van der Waals surface area (Å²) in [5.41, 5.74) is 0. The van der Waals surface area contributed by atoms with Crippen LogP contribution in [0.4, 0.5) is 0 Å². The lowest BCUT2D eigenvalue weighted by Crippen LogP contribution is -2.29. The molecule has 1 aliphatic rings. The van der Waals surface area contributed by atoms with Crippen LogP contribution in [0.5, 0.6) is 0 Å². The van der Waals surface area contributed by atoms with Gasteiger partial charge in [-0.15, -0.1) is 0 Å². The second-order valence-electron chi connectivity index (χ2n) is 3.79. The molecule has 0 unspecified atom stereocenters. The molecule has 1 amide bonds. The van der Waals surface area contributed by atoms with Crippen molar-refractivity contribution in [1.82, 2.24) is 4.90 Å². The van der Waals surface area contributed by atoms with Crippen LogP contribution >= 0.6 is 0 Å². The first-order valence-corrected chi connectivity index (χ1v) is 5.67. The number of carbonyl (C=O) groups is 1. The van der Waals surface area contributed by atoms with Crippen LogP contribution in [0.25, 0.3) is 0 Å². The molecule has 3 heteroatoms. The zero-order chi connectivity index (χ0) is 10.4. The number of nitrogens with zero attached hydrogens (tertiary/aromatic N) is 1. The normalized spacial score (nSPS) is 17.1. The number of amides is 1. The summed E-state index contributed by atoms with van der Waals surface area (Å²) in [5, 5.41) is 0. The van der Waals surface area contributed by atoms with Gasteiger partial charge in [-0.05, 0) is 19.3 Å². The maximum atomic E-state index is 11.3. The fourth-order valence-electron chi connectivity index (χ4n) is 1.79. The molecule has 1 aliphatic heterocycles. The highest BCUT2D eigenvalue weighted by atomic mass is 16.5. The molecule has 82 valence electrons. The maximum Gasteiger partial charge on any atom is 0.222 e. The Labute approximate surface area is 86.4 Å². The predicted molar refractivity (Wildman–Crippen MR) is 56.1 cm³/mol. The number of ether oxygens (including phenoxy) is 1. The third-order valence-electron chi connectivity index (χ3n) is 2.80. The molecule has 0 radical (unpaired) electrons. The Hall–Kier alpha value is -0.570. The van der Waals surface area contributed by atoms with Crippen LogP contribution in [0.3, 0.4) is 0 Å². The number of hydrogen-bond donors (Lipinski definition) is 0. The van der Waals surface area contributed by atoms with E-state index in [0.29, 0.717) is 12.7 Å². The van der Waals surface area contributed by atoms with Crippen LogP contribution in [-0.4, -0.2) is 36.6 Å². The Morgan fingerprint density at radius 1 is 1.43 bits per heavy atom.